The molecule has 6 N–H and O–H groups in total. The number of likely N-dealkylation sites (tertiary alicyclic amines) is 1. The Labute approximate surface area is 302 Å². The summed E-state index contributed by atoms with van der Waals surface area (Å²) in [7, 11) is 4.38. The number of nitrogens with zero attached hydrogens (tertiary/aromatic N) is 1. The van der Waals surface area contributed by atoms with Crippen LogP contribution in [-0.2, 0) is 17.7 Å². The van der Waals surface area contributed by atoms with Gasteiger partial charge in [-0.15, -0.1) is 0 Å². The van der Waals surface area contributed by atoms with Crippen molar-refractivity contribution in [2.24, 2.45) is 0 Å². The number of carbonyl (C=O) groups excluding carboxylic acids is 2. The van der Waals surface area contributed by atoms with Gasteiger partial charge in [0.25, 0.3) is 5.91 Å². The van der Waals surface area contributed by atoms with Crippen molar-refractivity contribution < 1.29 is 29.0 Å². The van der Waals surface area contributed by atoms with Gasteiger partial charge in [-0.2, -0.15) is 0 Å². The lowest BCUT2D eigenvalue weighted by Crippen LogP contribution is -2.48. The first-order valence-electron chi connectivity index (χ1n) is 17.6. The van der Waals surface area contributed by atoms with Gasteiger partial charge in [0.1, 0.15) is 11.9 Å². The molecular formula is C41H46N5O6+. The number of aromatic hydroxyl groups is 1. The molecule has 2 heterocycles. The normalized spacial score (nSPS) is 14.8. The van der Waals surface area contributed by atoms with E-state index in [1.54, 1.807) is 24.3 Å². The summed E-state index contributed by atoms with van der Waals surface area (Å²) in [6.45, 7) is 3.05. The Bertz CT molecular complexity index is 2070. The van der Waals surface area contributed by atoms with E-state index < -0.39 is 12.2 Å². The molecule has 4 aromatic carbocycles. The molecule has 1 aromatic heterocycles. The molecule has 0 spiro atoms. The lowest BCUT2D eigenvalue weighted by Gasteiger charge is -2.36. The molecule has 11 heteroatoms. The number of aliphatic hydroxyl groups is 1. The Morgan fingerprint density at radius 1 is 0.923 bits per heavy atom. The molecule has 1 fully saturated rings. The molecule has 2 amide bonds. The molecule has 0 radical (unpaired) electrons. The van der Waals surface area contributed by atoms with Crippen LogP contribution in [0.1, 0.15) is 46.0 Å². The van der Waals surface area contributed by atoms with Crippen molar-refractivity contribution in [3.05, 3.63) is 130 Å². The van der Waals surface area contributed by atoms with Crippen molar-refractivity contribution >= 4 is 28.6 Å². The largest absolute Gasteiger partial charge is 0.506 e. The number of phenols is 1. The van der Waals surface area contributed by atoms with Gasteiger partial charge < -0.3 is 35.1 Å². The number of anilines is 1. The van der Waals surface area contributed by atoms with Crippen LogP contribution in [0.2, 0.25) is 0 Å². The van der Waals surface area contributed by atoms with E-state index in [0.29, 0.717) is 41.7 Å². The summed E-state index contributed by atoms with van der Waals surface area (Å²) in [5.41, 5.74) is 5.51. The highest BCUT2D eigenvalue weighted by Crippen LogP contribution is 2.31. The monoisotopic (exact) mass is 704 g/mol. The summed E-state index contributed by atoms with van der Waals surface area (Å²) in [5.74, 6) is -0.249. The van der Waals surface area contributed by atoms with Crippen molar-refractivity contribution in [3.63, 3.8) is 0 Å². The number of hydrogen-bond donors (Lipinski definition) is 6. The highest BCUT2D eigenvalue weighted by Gasteiger charge is 2.28. The number of benzene rings is 4. The number of aliphatic hydroxyl groups excluding tert-OH is 1. The molecule has 1 aliphatic rings. The second kappa shape index (κ2) is 16.2. The van der Waals surface area contributed by atoms with Crippen molar-refractivity contribution in [1.82, 2.24) is 15.6 Å². The molecule has 1 saturated heterocycles. The van der Waals surface area contributed by atoms with Gasteiger partial charge >= 0.3 is 6.09 Å². The number of H-pyrrole nitrogens is 1. The van der Waals surface area contributed by atoms with E-state index in [2.05, 4.69) is 35.0 Å². The van der Waals surface area contributed by atoms with Crippen molar-refractivity contribution in [2.45, 2.75) is 38.0 Å². The summed E-state index contributed by atoms with van der Waals surface area (Å²) < 4.78 is 6.74. The molecule has 6 rings (SSSR count). The van der Waals surface area contributed by atoms with E-state index in [-0.39, 0.29) is 35.4 Å². The zero-order chi connectivity index (χ0) is 36.7. The highest BCUT2D eigenvalue weighted by atomic mass is 16.6. The number of aromatic amines is 1. The Hall–Kier alpha value is -5.49. The van der Waals surface area contributed by atoms with Crippen molar-refractivity contribution in [2.75, 3.05) is 45.6 Å². The first-order chi connectivity index (χ1) is 25.0. The molecule has 1 atom stereocenters. The quantitative estimate of drug-likeness (QED) is 0.0941. The smallest absolute Gasteiger partial charge is 0.411 e. The molecule has 11 nitrogen and oxygen atoms in total. The van der Waals surface area contributed by atoms with E-state index in [0.717, 1.165) is 52.7 Å². The molecule has 270 valence electrons. The summed E-state index contributed by atoms with van der Waals surface area (Å²) in [5, 5.41) is 30.7. The predicted molar refractivity (Wildman–Crippen MR) is 202 cm³/mol. The molecule has 5 aromatic rings. The van der Waals surface area contributed by atoms with Gasteiger partial charge in [-0.25, -0.2) is 4.79 Å². The van der Waals surface area contributed by atoms with E-state index in [1.165, 1.54) is 12.1 Å². The van der Waals surface area contributed by atoms with Gasteiger partial charge in [0, 0.05) is 55.1 Å². The minimum Gasteiger partial charge on any atom is -0.506 e. The number of quaternary nitrogens is 1. The zero-order valence-electron chi connectivity index (χ0n) is 29.5. The average Bonchev–Trinajstić information content (AvgIpc) is 3.13. The Morgan fingerprint density at radius 2 is 1.65 bits per heavy atom. The first-order valence-corrected chi connectivity index (χ1v) is 17.6. The maximum Gasteiger partial charge on any atom is 0.411 e. The SMILES string of the molecule is C[N+]1(C)CCC(OC(=O)Nc2cc(CCNC(=O)c3ccc(CNC[C@H](O)c4ccc(O)c5[nH]c(=O)ccc45)cc3)ccc2-c2ccccc2)CC1. The minimum absolute atomic E-state index is 0.0582. The highest BCUT2D eigenvalue weighted by molar-refractivity contribution is 5.94. The van der Waals surface area contributed by atoms with Gasteiger partial charge in [0.15, 0.2) is 0 Å². The van der Waals surface area contributed by atoms with Gasteiger partial charge in [0.05, 0.1) is 44.5 Å². The fourth-order valence-electron chi connectivity index (χ4n) is 6.58. The van der Waals surface area contributed by atoms with E-state index in [1.807, 2.05) is 60.7 Å². The van der Waals surface area contributed by atoms with Crippen LogP contribution < -0.4 is 21.5 Å². The number of phenolic OH excluding ortho intramolecular Hbond substituents is 1. The minimum atomic E-state index is -0.872. The van der Waals surface area contributed by atoms with Crippen LogP contribution in [0.4, 0.5) is 10.5 Å². The number of aromatic nitrogens is 1. The Balaban J connectivity index is 1.00. The van der Waals surface area contributed by atoms with Crippen molar-refractivity contribution in [3.8, 4) is 16.9 Å². The van der Waals surface area contributed by atoms with Gasteiger partial charge in [-0.3, -0.25) is 14.9 Å². The van der Waals surface area contributed by atoms with E-state index in [4.69, 9.17) is 4.74 Å². The third kappa shape index (κ3) is 9.24. The maximum absolute atomic E-state index is 13.0. The standard InChI is InChI=1S/C41H45N5O6/c1-46(2)22-19-31(20-23-46)52-41(51)44-35-24-27(10-13-32(35)29-6-4-3-5-7-29)18-21-43-40(50)30-11-8-28(9-12-30)25-42-26-37(48)33-14-16-36(47)39-34(33)15-17-38(49)45-39/h3-17,24,31,37,42,48H,18-23,25-26H2,1-2H3,(H3-,43,44,45,47,49,50,51)/p+1/t37-/m0/s1. The first kappa shape index (κ1) is 36.3. The molecule has 52 heavy (non-hydrogen) atoms. The topological polar surface area (TPSA) is 153 Å². The third-order valence-electron chi connectivity index (χ3n) is 9.64. The second-order valence-corrected chi connectivity index (χ2v) is 14.0. The third-order valence-corrected chi connectivity index (χ3v) is 9.64. The van der Waals surface area contributed by atoms with Crippen LogP contribution in [0.5, 0.6) is 5.75 Å². The molecule has 0 aliphatic carbocycles. The number of ether oxygens (including phenoxy) is 1. The predicted octanol–water partition coefficient (Wildman–Crippen LogP) is 5.48. The maximum atomic E-state index is 13.0. The lowest BCUT2D eigenvalue weighted by atomic mass is 10.00. The van der Waals surface area contributed by atoms with Crippen LogP contribution in [-0.4, -0.2) is 78.1 Å². The molecular weight excluding hydrogens is 658 g/mol. The Morgan fingerprint density at radius 3 is 2.40 bits per heavy atom. The number of rotatable bonds is 12. The molecule has 0 bridgehead atoms. The van der Waals surface area contributed by atoms with Crippen molar-refractivity contribution in [1.29, 1.82) is 0 Å². The van der Waals surface area contributed by atoms with Crippen LogP contribution in [0.25, 0.3) is 22.0 Å². The molecule has 0 saturated carbocycles. The van der Waals surface area contributed by atoms with Crippen LogP contribution >= 0.6 is 0 Å². The van der Waals surface area contributed by atoms with Crippen LogP contribution in [0.3, 0.4) is 0 Å². The number of fused-ring (bicyclic) bond motifs is 1. The number of nitrogens with one attached hydrogen (secondary N) is 4. The van der Waals surface area contributed by atoms with E-state index >= 15 is 0 Å². The zero-order valence-corrected chi connectivity index (χ0v) is 29.5. The average molecular weight is 705 g/mol. The molecule has 0 unspecified atom stereocenters. The number of amides is 2. The number of piperidine rings is 1. The number of hydrogen-bond acceptors (Lipinski definition) is 7. The summed E-state index contributed by atoms with van der Waals surface area (Å²) >= 11 is 0. The van der Waals surface area contributed by atoms with Crippen LogP contribution in [0.15, 0.2) is 102 Å². The fraction of sp³-hybridized carbons (Fsp3) is 0.293. The van der Waals surface area contributed by atoms with Gasteiger partial charge in [0.2, 0.25) is 5.56 Å². The fourth-order valence-corrected chi connectivity index (χ4v) is 6.58. The summed E-state index contributed by atoms with van der Waals surface area (Å²) in [6, 6.07) is 29.1. The second-order valence-electron chi connectivity index (χ2n) is 14.0. The number of pyridine rings is 1. The summed E-state index contributed by atoms with van der Waals surface area (Å²) in [4.78, 5) is 40.3. The lowest BCUT2D eigenvalue weighted by molar-refractivity contribution is -0.896. The molecule has 1 aliphatic heterocycles. The van der Waals surface area contributed by atoms with Gasteiger partial charge in [-0.05, 0) is 59.0 Å². The van der Waals surface area contributed by atoms with Gasteiger partial charge in [-0.1, -0.05) is 60.7 Å². The van der Waals surface area contributed by atoms with E-state index in [9.17, 15) is 24.6 Å². The Kier molecular flexibility index (Phi) is 11.3. The van der Waals surface area contributed by atoms with Crippen LogP contribution in [0, 0.1) is 0 Å². The number of carbonyl (C=O) groups is 2. The summed E-state index contributed by atoms with van der Waals surface area (Å²) in [6.07, 6.45) is 0.802.